The first-order chi connectivity index (χ1) is 13.5. The molecule has 4 rings (SSSR count). The van der Waals surface area contributed by atoms with Crippen LogP contribution in [-0.4, -0.2) is 32.1 Å². The van der Waals surface area contributed by atoms with Crippen molar-refractivity contribution < 1.29 is 14.3 Å². The second-order valence-electron chi connectivity index (χ2n) is 6.29. The highest BCUT2D eigenvalue weighted by Crippen LogP contribution is 2.23. The number of imidazole rings is 1. The normalized spacial score (nSPS) is 14.5. The molecule has 0 unspecified atom stereocenters. The topological polar surface area (TPSA) is 112 Å². The fraction of sp³-hybridized carbons (Fsp3) is 0.158. The van der Waals surface area contributed by atoms with Gasteiger partial charge in [-0.15, -0.1) is 16.4 Å². The number of nitrogens with two attached hydrogens (primary N) is 1. The van der Waals surface area contributed by atoms with Gasteiger partial charge >= 0.3 is 5.97 Å². The van der Waals surface area contributed by atoms with Crippen LogP contribution in [0.25, 0.3) is 5.65 Å². The first-order valence-corrected chi connectivity index (χ1v) is 9.38. The van der Waals surface area contributed by atoms with Gasteiger partial charge in [-0.3, -0.25) is 4.79 Å². The van der Waals surface area contributed by atoms with Gasteiger partial charge in [0.2, 0.25) is 5.60 Å². The molecule has 1 aliphatic rings. The molecule has 142 valence electrons. The molecular formula is C19H17N5O3S. The molecule has 3 N–H and O–H groups in total. The summed E-state index contributed by atoms with van der Waals surface area (Å²) in [6.45, 7) is 2.53. The van der Waals surface area contributed by atoms with E-state index in [0.717, 1.165) is 10.4 Å². The SMILES string of the molecule is Cc1cc2ncc(C(=O)OC3(C(N)=O)C=CC=C3)n2nc1NCc1cccs1. The number of esters is 1. The number of nitrogens with zero attached hydrogens (tertiary/aromatic N) is 3. The van der Waals surface area contributed by atoms with Gasteiger partial charge in [0.25, 0.3) is 5.91 Å². The number of ether oxygens (including phenoxy) is 1. The summed E-state index contributed by atoms with van der Waals surface area (Å²) in [5.41, 5.74) is 5.31. The summed E-state index contributed by atoms with van der Waals surface area (Å²) in [5.74, 6) is -0.900. The molecule has 3 aromatic heterocycles. The first kappa shape index (κ1) is 17.9. The zero-order chi connectivity index (χ0) is 19.7. The zero-order valence-corrected chi connectivity index (χ0v) is 15.8. The molecule has 0 aliphatic heterocycles. The smallest absolute Gasteiger partial charge is 0.360 e. The maximum absolute atomic E-state index is 12.7. The van der Waals surface area contributed by atoms with Crippen LogP contribution in [0, 0.1) is 6.92 Å². The Hall–Kier alpha value is -3.46. The number of carbonyl (C=O) groups excluding carboxylic acids is 2. The predicted octanol–water partition coefficient (Wildman–Crippen LogP) is 2.22. The van der Waals surface area contributed by atoms with Gasteiger partial charge in [0, 0.05) is 4.88 Å². The molecule has 9 heteroatoms. The van der Waals surface area contributed by atoms with Crippen LogP contribution in [0.5, 0.6) is 0 Å². The van der Waals surface area contributed by atoms with Crippen LogP contribution < -0.4 is 11.1 Å². The van der Waals surface area contributed by atoms with E-state index in [2.05, 4.69) is 15.4 Å². The van der Waals surface area contributed by atoms with E-state index in [0.29, 0.717) is 18.0 Å². The minimum absolute atomic E-state index is 0.100. The van der Waals surface area contributed by atoms with Crippen molar-refractivity contribution in [2.24, 2.45) is 5.73 Å². The quantitative estimate of drug-likeness (QED) is 0.619. The number of carbonyl (C=O) groups is 2. The third-order valence-electron chi connectivity index (χ3n) is 4.35. The van der Waals surface area contributed by atoms with Gasteiger partial charge in [-0.2, -0.15) is 0 Å². The number of allylic oxidation sites excluding steroid dienone is 2. The molecule has 3 aromatic rings. The van der Waals surface area contributed by atoms with Gasteiger partial charge in [-0.05, 0) is 42.2 Å². The van der Waals surface area contributed by atoms with E-state index >= 15 is 0 Å². The number of anilines is 1. The van der Waals surface area contributed by atoms with Crippen molar-refractivity contribution >= 4 is 34.7 Å². The third-order valence-corrected chi connectivity index (χ3v) is 5.22. The lowest BCUT2D eigenvalue weighted by molar-refractivity contribution is -0.129. The predicted molar refractivity (Wildman–Crippen MR) is 105 cm³/mol. The summed E-state index contributed by atoms with van der Waals surface area (Å²) in [7, 11) is 0. The summed E-state index contributed by atoms with van der Waals surface area (Å²) in [6, 6.07) is 5.83. The number of aromatic nitrogens is 3. The summed E-state index contributed by atoms with van der Waals surface area (Å²) in [6.07, 6.45) is 7.43. The van der Waals surface area contributed by atoms with Crippen LogP contribution in [0.3, 0.4) is 0 Å². The average Bonchev–Trinajstić information content (AvgIpc) is 3.40. The van der Waals surface area contributed by atoms with Gasteiger partial charge in [0.15, 0.2) is 11.3 Å². The Morgan fingerprint density at radius 1 is 1.36 bits per heavy atom. The van der Waals surface area contributed by atoms with Crippen LogP contribution in [0.1, 0.15) is 20.9 Å². The summed E-state index contributed by atoms with van der Waals surface area (Å²) in [4.78, 5) is 29.9. The summed E-state index contributed by atoms with van der Waals surface area (Å²) >= 11 is 1.64. The van der Waals surface area contributed by atoms with Crippen molar-refractivity contribution in [2.75, 3.05) is 5.32 Å². The fourth-order valence-corrected chi connectivity index (χ4v) is 3.49. The molecule has 1 amide bonds. The Morgan fingerprint density at radius 3 is 2.82 bits per heavy atom. The van der Waals surface area contributed by atoms with E-state index in [1.54, 1.807) is 23.5 Å². The van der Waals surface area contributed by atoms with Gasteiger partial charge < -0.3 is 15.8 Å². The highest BCUT2D eigenvalue weighted by Gasteiger charge is 2.38. The number of primary amides is 1. The minimum atomic E-state index is -1.59. The second kappa shape index (κ2) is 6.93. The van der Waals surface area contributed by atoms with E-state index in [-0.39, 0.29) is 5.69 Å². The molecule has 1 aliphatic carbocycles. The van der Waals surface area contributed by atoms with E-state index in [9.17, 15) is 9.59 Å². The average molecular weight is 395 g/mol. The molecule has 28 heavy (non-hydrogen) atoms. The van der Waals surface area contributed by atoms with Crippen molar-refractivity contribution in [3.63, 3.8) is 0 Å². The lowest BCUT2D eigenvalue weighted by Crippen LogP contribution is -2.43. The Kier molecular flexibility index (Phi) is 4.44. The largest absolute Gasteiger partial charge is 0.435 e. The van der Waals surface area contributed by atoms with E-state index in [1.165, 1.54) is 22.9 Å². The molecule has 0 saturated carbocycles. The minimum Gasteiger partial charge on any atom is -0.435 e. The molecule has 0 bridgehead atoms. The highest BCUT2D eigenvalue weighted by molar-refractivity contribution is 7.09. The number of hydrogen-bond acceptors (Lipinski definition) is 7. The van der Waals surface area contributed by atoms with Crippen LogP contribution in [0.15, 0.2) is 54.1 Å². The van der Waals surface area contributed by atoms with Crippen molar-refractivity contribution in [3.05, 3.63) is 70.2 Å². The fourth-order valence-electron chi connectivity index (χ4n) is 2.84. The van der Waals surface area contributed by atoms with E-state index in [4.69, 9.17) is 10.5 Å². The van der Waals surface area contributed by atoms with Crippen LogP contribution in [0.4, 0.5) is 5.82 Å². The standard InChI is InChI=1S/C19H17N5O3S/c1-12-9-15-21-11-14(17(25)27-19(18(20)26)6-2-3-7-19)24(15)23-16(12)22-10-13-5-4-8-28-13/h2-9,11H,10H2,1H3,(H2,20,26)(H,22,23). The molecule has 0 aromatic carbocycles. The van der Waals surface area contributed by atoms with Crippen molar-refractivity contribution in [1.29, 1.82) is 0 Å². The maximum atomic E-state index is 12.7. The Balaban J connectivity index is 1.63. The lowest BCUT2D eigenvalue weighted by atomic mass is 10.1. The molecule has 0 atom stereocenters. The highest BCUT2D eigenvalue weighted by atomic mass is 32.1. The molecule has 0 fully saturated rings. The van der Waals surface area contributed by atoms with E-state index < -0.39 is 17.5 Å². The third kappa shape index (κ3) is 3.16. The number of hydrogen-bond donors (Lipinski definition) is 2. The molecule has 0 saturated heterocycles. The van der Waals surface area contributed by atoms with Crippen LogP contribution in [-0.2, 0) is 16.1 Å². The zero-order valence-electron chi connectivity index (χ0n) is 15.0. The van der Waals surface area contributed by atoms with Crippen LogP contribution in [0.2, 0.25) is 0 Å². The summed E-state index contributed by atoms with van der Waals surface area (Å²) < 4.78 is 6.79. The van der Waals surface area contributed by atoms with Crippen molar-refractivity contribution in [2.45, 2.75) is 19.1 Å². The number of nitrogens with one attached hydrogen (secondary N) is 1. The first-order valence-electron chi connectivity index (χ1n) is 8.50. The maximum Gasteiger partial charge on any atom is 0.360 e. The summed E-state index contributed by atoms with van der Waals surface area (Å²) in [5, 5.41) is 9.76. The Bertz CT molecular complexity index is 1100. The van der Waals surface area contributed by atoms with E-state index in [1.807, 2.05) is 30.5 Å². The van der Waals surface area contributed by atoms with Crippen molar-refractivity contribution in [3.8, 4) is 0 Å². The molecule has 0 spiro atoms. The van der Waals surface area contributed by atoms with Gasteiger partial charge in [-0.1, -0.05) is 18.2 Å². The number of fused-ring (bicyclic) bond motifs is 1. The van der Waals surface area contributed by atoms with Crippen LogP contribution >= 0.6 is 11.3 Å². The Labute approximate surface area is 164 Å². The molecular weight excluding hydrogens is 378 g/mol. The van der Waals surface area contributed by atoms with Gasteiger partial charge in [0.1, 0.15) is 5.82 Å². The molecule has 3 heterocycles. The Morgan fingerprint density at radius 2 is 2.14 bits per heavy atom. The number of thiophene rings is 1. The van der Waals surface area contributed by atoms with Gasteiger partial charge in [-0.25, -0.2) is 14.3 Å². The lowest BCUT2D eigenvalue weighted by Gasteiger charge is -2.21. The number of rotatable bonds is 6. The monoisotopic (exact) mass is 395 g/mol. The number of aryl methyl sites for hydroxylation is 1. The van der Waals surface area contributed by atoms with Crippen molar-refractivity contribution in [1.82, 2.24) is 14.6 Å². The second-order valence-corrected chi connectivity index (χ2v) is 7.32. The number of amides is 1. The van der Waals surface area contributed by atoms with Gasteiger partial charge in [0.05, 0.1) is 12.7 Å². The molecule has 8 nitrogen and oxygen atoms in total. The molecule has 0 radical (unpaired) electrons.